The van der Waals surface area contributed by atoms with Crippen LogP contribution in [-0.4, -0.2) is 37.6 Å². The Morgan fingerprint density at radius 2 is 1.29 bits per heavy atom. The molecular weight excluding hydrogens is 469 g/mol. The predicted octanol–water partition coefficient (Wildman–Crippen LogP) is 4.49. The fourth-order valence-electron chi connectivity index (χ4n) is 4.05. The van der Waals surface area contributed by atoms with Crippen LogP contribution >= 0.6 is 0 Å². The summed E-state index contributed by atoms with van der Waals surface area (Å²) in [5.41, 5.74) is 2.96. The van der Waals surface area contributed by atoms with Crippen LogP contribution in [0, 0.1) is 11.7 Å². The number of piperidine rings is 1. The minimum Gasteiger partial charge on any atom is -0.326 e. The van der Waals surface area contributed by atoms with Gasteiger partial charge in [-0.3, -0.25) is 9.59 Å². The van der Waals surface area contributed by atoms with E-state index in [0.29, 0.717) is 24.2 Å². The van der Waals surface area contributed by atoms with Crippen molar-refractivity contribution in [2.24, 2.45) is 5.92 Å². The zero-order valence-corrected chi connectivity index (χ0v) is 20.0. The number of benzene rings is 3. The average molecular weight is 496 g/mol. The first-order chi connectivity index (χ1) is 16.7. The normalized spacial score (nSPS) is 14.9. The predicted molar refractivity (Wildman–Crippen MR) is 133 cm³/mol. The molecule has 1 aliphatic heterocycles. The Labute approximate surface area is 204 Å². The highest BCUT2D eigenvalue weighted by atomic mass is 32.2. The number of rotatable bonds is 6. The molecule has 3 aromatic carbocycles. The first-order valence-electron chi connectivity index (χ1n) is 11.3. The molecule has 0 radical (unpaired) electrons. The maximum Gasteiger partial charge on any atom is 0.243 e. The van der Waals surface area contributed by atoms with E-state index < -0.39 is 10.0 Å². The number of anilines is 2. The van der Waals surface area contributed by atoms with E-state index in [4.69, 9.17) is 0 Å². The molecule has 35 heavy (non-hydrogen) atoms. The molecule has 0 saturated carbocycles. The molecule has 7 nitrogen and oxygen atoms in total. The number of carbonyl (C=O) groups is 2. The van der Waals surface area contributed by atoms with Gasteiger partial charge >= 0.3 is 0 Å². The van der Waals surface area contributed by atoms with E-state index in [1.165, 1.54) is 35.5 Å². The maximum absolute atomic E-state index is 13.1. The van der Waals surface area contributed by atoms with E-state index >= 15 is 0 Å². The number of nitrogens with one attached hydrogen (secondary N) is 2. The minimum absolute atomic E-state index is 0.148. The summed E-state index contributed by atoms with van der Waals surface area (Å²) in [4.78, 5) is 23.9. The summed E-state index contributed by atoms with van der Waals surface area (Å²) in [7, 11) is -3.68. The summed E-state index contributed by atoms with van der Waals surface area (Å²) in [5, 5.41) is 5.47. The first kappa shape index (κ1) is 24.6. The van der Waals surface area contributed by atoms with Gasteiger partial charge in [0.25, 0.3) is 0 Å². The summed E-state index contributed by atoms with van der Waals surface area (Å²) >= 11 is 0. The van der Waals surface area contributed by atoms with Gasteiger partial charge in [-0.1, -0.05) is 24.3 Å². The van der Waals surface area contributed by atoms with E-state index in [9.17, 15) is 22.4 Å². The molecule has 0 bridgehead atoms. The molecule has 9 heteroatoms. The molecule has 0 unspecified atom stereocenters. The SMILES string of the molecule is CC(=O)Nc1ccc(-c2ccc(S(=O)(=O)N3CCC(C(=O)Nc4ccc(F)cc4)CC3)cc2)cc1. The second-order valence-corrected chi connectivity index (χ2v) is 10.4. The van der Waals surface area contributed by atoms with Crippen molar-refractivity contribution in [2.75, 3.05) is 23.7 Å². The second kappa shape index (κ2) is 10.4. The zero-order valence-electron chi connectivity index (χ0n) is 19.2. The van der Waals surface area contributed by atoms with Crippen molar-refractivity contribution in [3.63, 3.8) is 0 Å². The molecule has 2 amide bonds. The first-order valence-corrected chi connectivity index (χ1v) is 12.7. The summed E-state index contributed by atoms with van der Waals surface area (Å²) in [6.07, 6.45) is 0.815. The third-order valence-corrected chi connectivity index (χ3v) is 7.88. The lowest BCUT2D eigenvalue weighted by Gasteiger charge is -2.30. The van der Waals surface area contributed by atoms with Gasteiger partial charge < -0.3 is 10.6 Å². The van der Waals surface area contributed by atoms with Crippen molar-refractivity contribution < 1.29 is 22.4 Å². The van der Waals surface area contributed by atoms with Gasteiger partial charge in [0.15, 0.2) is 0 Å². The van der Waals surface area contributed by atoms with Gasteiger partial charge in [-0.15, -0.1) is 0 Å². The number of nitrogens with zero attached hydrogens (tertiary/aromatic N) is 1. The lowest BCUT2D eigenvalue weighted by molar-refractivity contribution is -0.121. The van der Waals surface area contributed by atoms with Gasteiger partial charge in [-0.2, -0.15) is 4.31 Å². The topological polar surface area (TPSA) is 95.6 Å². The van der Waals surface area contributed by atoms with Crippen LogP contribution in [0.4, 0.5) is 15.8 Å². The molecule has 3 aromatic rings. The van der Waals surface area contributed by atoms with Gasteiger partial charge in [-0.05, 0) is 72.5 Å². The van der Waals surface area contributed by atoms with Gasteiger partial charge in [-0.25, -0.2) is 12.8 Å². The molecule has 2 N–H and O–H groups in total. The number of carbonyl (C=O) groups excluding carboxylic acids is 2. The van der Waals surface area contributed by atoms with Crippen molar-refractivity contribution in [1.29, 1.82) is 0 Å². The number of hydrogen-bond donors (Lipinski definition) is 2. The quantitative estimate of drug-likeness (QED) is 0.527. The van der Waals surface area contributed by atoms with Crippen molar-refractivity contribution in [3.8, 4) is 11.1 Å². The number of sulfonamides is 1. The summed E-state index contributed by atoms with van der Waals surface area (Å²) in [6.45, 7) is 1.94. The van der Waals surface area contributed by atoms with Crippen LogP contribution in [0.15, 0.2) is 77.7 Å². The van der Waals surface area contributed by atoms with Gasteiger partial charge in [0.05, 0.1) is 4.90 Å². The minimum atomic E-state index is -3.68. The standard InChI is InChI=1S/C26H26FN3O4S/c1-18(31)28-23-8-2-19(3-9-23)20-4-12-25(13-5-20)35(33,34)30-16-14-21(15-17-30)26(32)29-24-10-6-22(27)7-11-24/h2-13,21H,14-17H2,1H3,(H,28,31)(H,29,32). The summed E-state index contributed by atoms with van der Waals surface area (Å²) in [6, 6.07) is 19.5. The van der Waals surface area contributed by atoms with Gasteiger partial charge in [0.1, 0.15) is 5.82 Å². The molecular formula is C26H26FN3O4S. The van der Waals surface area contributed by atoms with Gasteiger partial charge in [0, 0.05) is 37.3 Å². The molecule has 1 saturated heterocycles. The van der Waals surface area contributed by atoms with E-state index in [1.54, 1.807) is 36.4 Å². The van der Waals surface area contributed by atoms with Crippen molar-refractivity contribution in [3.05, 3.63) is 78.6 Å². The largest absolute Gasteiger partial charge is 0.326 e. The Bertz CT molecular complexity index is 1300. The van der Waals surface area contributed by atoms with Crippen LogP contribution in [0.2, 0.25) is 0 Å². The third-order valence-electron chi connectivity index (χ3n) is 5.97. The van der Waals surface area contributed by atoms with Crippen molar-refractivity contribution in [2.45, 2.75) is 24.7 Å². The summed E-state index contributed by atoms with van der Waals surface area (Å²) in [5.74, 6) is -1.03. The Hall–Kier alpha value is -3.56. The second-order valence-electron chi connectivity index (χ2n) is 8.46. The highest BCUT2D eigenvalue weighted by molar-refractivity contribution is 7.89. The molecule has 0 atom stereocenters. The van der Waals surface area contributed by atoms with E-state index in [-0.39, 0.29) is 41.5 Å². The zero-order chi connectivity index (χ0) is 25.0. The highest BCUT2D eigenvalue weighted by Gasteiger charge is 2.32. The molecule has 0 aromatic heterocycles. The number of halogens is 1. The lowest BCUT2D eigenvalue weighted by Crippen LogP contribution is -2.41. The van der Waals surface area contributed by atoms with Crippen LogP contribution < -0.4 is 10.6 Å². The lowest BCUT2D eigenvalue weighted by atomic mass is 9.97. The van der Waals surface area contributed by atoms with Crippen LogP contribution in [0.25, 0.3) is 11.1 Å². The fourth-order valence-corrected chi connectivity index (χ4v) is 5.52. The molecule has 1 fully saturated rings. The number of hydrogen-bond acceptors (Lipinski definition) is 4. The Balaban J connectivity index is 1.37. The van der Waals surface area contributed by atoms with Crippen LogP contribution in [0.5, 0.6) is 0 Å². The summed E-state index contributed by atoms with van der Waals surface area (Å²) < 4.78 is 40.7. The smallest absolute Gasteiger partial charge is 0.243 e. The van der Waals surface area contributed by atoms with E-state index in [0.717, 1.165) is 11.1 Å². The molecule has 0 spiro atoms. The molecule has 1 aliphatic rings. The molecule has 4 rings (SSSR count). The highest BCUT2D eigenvalue weighted by Crippen LogP contribution is 2.27. The Morgan fingerprint density at radius 1 is 0.800 bits per heavy atom. The van der Waals surface area contributed by atoms with Gasteiger partial charge in [0.2, 0.25) is 21.8 Å². The fraction of sp³-hybridized carbons (Fsp3) is 0.231. The van der Waals surface area contributed by atoms with Crippen molar-refractivity contribution >= 4 is 33.2 Å². The molecule has 0 aliphatic carbocycles. The Kier molecular flexibility index (Phi) is 7.28. The maximum atomic E-state index is 13.1. The van der Waals surface area contributed by atoms with E-state index in [1.807, 2.05) is 12.1 Å². The van der Waals surface area contributed by atoms with E-state index in [2.05, 4.69) is 10.6 Å². The monoisotopic (exact) mass is 495 g/mol. The number of amides is 2. The van der Waals surface area contributed by atoms with Crippen molar-refractivity contribution in [1.82, 2.24) is 4.31 Å². The average Bonchev–Trinajstić information content (AvgIpc) is 2.86. The van der Waals surface area contributed by atoms with Crippen LogP contribution in [0.1, 0.15) is 19.8 Å². The van der Waals surface area contributed by atoms with Crippen LogP contribution in [-0.2, 0) is 19.6 Å². The third kappa shape index (κ3) is 5.93. The Morgan fingerprint density at radius 3 is 1.83 bits per heavy atom. The molecule has 1 heterocycles. The van der Waals surface area contributed by atoms with Crippen LogP contribution in [0.3, 0.4) is 0 Å². The molecule has 182 valence electrons.